The van der Waals surface area contributed by atoms with Gasteiger partial charge >= 0.3 is 6.03 Å². The number of carbonyl (C=O) groups excluding carboxylic acids is 2. The molecule has 2 rings (SSSR count). The van der Waals surface area contributed by atoms with Crippen LogP contribution in [0.15, 0.2) is 42.5 Å². The maximum absolute atomic E-state index is 13.1. The number of hydrogen-bond donors (Lipinski definition) is 3. The summed E-state index contributed by atoms with van der Waals surface area (Å²) in [4.78, 5) is 25.7. The van der Waals surface area contributed by atoms with Gasteiger partial charge in [0, 0.05) is 24.8 Å². The molecule has 0 saturated heterocycles. The van der Waals surface area contributed by atoms with E-state index >= 15 is 0 Å². The van der Waals surface area contributed by atoms with E-state index in [1.807, 2.05) is 43.3 Å². The third kappa shape index (κ3) is 6.67. The van der Waals surface area contributed by atoms with Gasteiger partial charge in [-0.25, -0.2) is 13.6 Å². The molecule has 0 radical (unpaired) electrons. The Labute approximate surface area is 156 Å². The minimum Gasteiger partial charge on any atom is -0.334 e. The summed E-state index contributed by atoms with van der Waals surface area (Å²) in [5.41, 5.74) is 2.19. The van der Waals surface area contributed by atoms with Gasteiger partial charge in [0.25, 0.3) is 0 Å². The van der Waals surface area contributed by atoms with Crippen LogP contribution in [0.5, 0.6) is 0 Å². The van der Waals surface area contributed by atoms with Crippen molar-refractivity contribution in [2.75, 3.05) is 26.0 Å². The van der Waals surface area contributed by atoms with Crippen molar-refractivity contribution in [3.05, 3.63) is 65.2 Å². The third-order valence-electron chi connectivity index (χ3n) is 3.66. The van der Waals surface area contributed by atoms with E-state index in [1.54, 1.807) is 0 Å². The van der Waals surface area contributed by atoms with Crippen molar-refractivity contribution in [3.8, 4) is 0 Å². The number of urea groups is 1. The molecule has 0 aliphatic rings. The van der Waals surface area contributed by atoms with Crippen molar-refractivity contribution in [3.63, 3.8) is 0 Å². The molecule has 3 amide bonds. The molecular formula is C19H22F2N4O2. The second-order valence-corrected chi connectivity index (χ2v) is 6.22. The highest BCUT2D eigenvalue weighted by Gasteiger charge is 2.09. The lowest BCUT2D eigenvalue weighted by Gasteiger charge is -2.15. The van der Waals surface area contributed by atoms with Crippen LogP contribution in [0.3, 0.4) is 0 Å². The van der Waals surface area contributed by atoms with E-state index in [1.165, 1.54) is 6.07 Å². The number of anilines is 1. The summed E-state index contributed by atoms with van der Waals surface area (Å²) in [6.45, 7) is 0.765. The number of nitrogens with one attached hydrogen (secondary N) is 3. The van der Waals surface area contributed by atoms with E-state index < -0.39 is 23.6 Å². The van der Waals surface area contributed by atoms with Gasteiger partial charge < -0.3 is 20.9 Å². The van der Waals surface area contributed by atoms with Crippen molar-refractivity contribution < 1.29 is 18.4 Å². The summed E-state index contributed by atoms with van der Waals surface area (Å²) >= 11 is 0. The number of benzene rings is 2. The Morgan fingerprint density at radius 2 is 1.67 bits per heavy atom. The number of nitrogens with zero attached hydrogens (tertiary/aromatic N) is 1. The topological polar surface area (TPSA) is 73.5 Å². The second kappa shape index (κ2) is 9.63. The first kappa shape index (κ1) is 20.3. The predicted octanol–water partition coefficient (Wildman–Crippen LogP) is 2.46. The molecule has 0 saturated carbocycles. The van der Waals surface area contributed by atoms with Crippen molar-refractivity contribution in [2.45, 2.75) is 13.1 Å². The monoisotopic (exact) mass is 376 g/mol. The molecule has 0 aliphatic heterocycles. The van der Waals surface area contributed by atoms with Crippen molar-refractivity contribution in [2.24, 2.45) is 0 Å². The predicted molar refractivity (Wildman–Crippen MR) is 99.1 cm³/mol. The van der Waals surface area contributed by atoms with Crippen LogP contribution in [0.2, 0.25) is 0 Å². The second-order valence-electron chi connectivity index (χ2n) is 6.22. The van der Waals surface area contributed by atoms with Crippen molar-refractivity contribution in [1.82, 2.24) is 15.5 Å². The fraction of sp³-hybridized carbons (Fsp3) is 0.263. The number of amides is 3. The molecule has 0 atom stereocenters. The Morgan fingerprint density at radius 3 is 2.33 bits per heavy atom. The molecule has 0 aliphatic carbocycles. The maximum Gasteiger partial charge on any atom is 0.315 e. The van der Waals surface area contributed by atoms with Gasteiger partial charge in [-0.3, -0.25) is 4.79 Å². The van der Waals surface area contributed by atoms with Gasteiger partial charge in [0.05, 0.1) is 6.54 Å². The molecule has 2 aromatic carbocycles. The average molecular weight is 376 g/mol. The zero-order valence-corrected chi connectivity index (χ0v) is 15.2. The molecule has 0 aromatic heterocycles. The number of halogens is 2. The standard InChI is InChI=1S/C19H22F2N4O2/c1-25(2)12-14-6-4-3-5-13(14)10-22-19(27)23-11-18(26)24-15-7-8-16(20)17(21)9-15/h3-9H,10-12H2,1-2H3,(H,24,26)(H2,22,23,27). The van der Waals surface area contributed by atoms with Crippen LogP contribution < -0.4 is 16.0 Å². The highest BCUT2D eigenvalue weighted by Crippen LogP contribution is 2.13. The first-order valence-electron chi connectivity index (χ1n) is 8.33. The largest absolute Gasteiger partial charge is 0.334 e. The Balaban J connectivity index is 1.79. The minimum absolute atomic E-state index is 0.110. The van der Waals surface area contributed by atoms with Gasteiger partial charge in [-0.2, -0.15) is 0 Å². The summed E-state index contributed by atoms with van der Waals surface area (Å²) < 4.78 is 26.0. The average Bonchev–Trinajstić information content (AvgIpc) is 2.62. The normalized spacial score (nSPS) is 10.6. The zero-order valence-electron chi connectivity index (χ0n) is 15.2. The fourth-order valence-electron chi connectivity index (χ4n) is 2.40. The van der Waals surface area contributed by atoms with Crippen LogP contribution in [0.25, 0.3) is 0 Å². The van der Waals surface area contributed by atoms with Crippen LogP contribution in [-0.4, -0.2) is 37.5 Å². The maximum atomic E-state index is 13.1. The molecule has 144 valence electrons. The molecule has 3 N–H and O–H groups in total. The lowest BCUT2D eigenvalue weighted by Crippen LogP contribution is -2.39. The highest BCUT2D eigenvalue weighted by molar-refractivity contribution is 5.94. The Hall–Kier alpha value is -3.00. The van der Waals surface area contributed by atoms with Gasteiger partial charge in [0.1, 0.15) is 0 Å². The highest BCUT2D eigenvalue weighted by atomic mass is 19.2. The van der Waals surface area contributed by atoms with Gasteiger partial charge in [-0.05, 0) is 37.4 Å². The van der Waals surface area contributed by atoms with E-state index in [0.717, 1.165) is 29.8 Å². The summed E-state index contributed by atoms with van der Waals surface area (Å²) in [5.74, 6) is -2.61. The van der Waals surface area contributed by atoms with E-state index in [0.29, 0.717) is 6.54 Å². The third-order valence-corrected chi connectivity index (χ3v) is 3.66. The lowest BCUT2D eigenvalue weighted by atomic mass is 10.1. The van der Waals surface area contributed by atoms with Crippen LogP contribution in [-0.2, 0) is 17.9 Å². The number of rotatable bonds is 7. The summed E-state index contributed by atoms with van der Waals surface area (Å²) in [6.07, 6.45) is 0. The van der Waals surface area contributed by atoms with Crippen molar-refractivity contribution >= 4 is 17.6 Å². The first-order chi connectivity index (χ1) is 12.8. The Kier molecular flexibility index (Phi) is 7.25. The molecule has 27 heavy (non-hydrogen) atoms. The summed E-state index contributed by atoms with van der Waals surface area (Å²) in [6, 6.07) is 10.3. The molecule has 6 nitrogen and oxygen atoms in total. The smallest absolute Gasteiger partial charge is 0.315 e. The molecule has 0 fully saturated rings. The van der Waals surface area contributed by atoms with Crippen molar-refractivity contribution in [1.29, 1.82) is 0 Å². The molecular weight excluding hydrogens is 354 g/mol. The van der Waals surface area contributed by atoms with Crippen LogP contribution in [0, 0.1) is 11.6 Å². The van der Waals surface area contributed by atoms with E-state index in [9.17, 15) is 18.4 Å². The molecule has 0 heterocycles. The SMILES string of the molecule is CN(C)Cc1ccccc1CNC(=O)NCC(=O)Nc1ccc(F)c(F)c1. The zero-order chi connectivity index (χ0) is 19.8. The van der Waals surface area contributed by atoms with E-state index in [-0.39, 0.29) is 12.2 Å². The molecule has 0 bridgehead atoms. The Bertz CT molecular complexity index is 812. The van der Waals surface area contributed by atoms with Gasteiger partial charge in [-0.1, -0.05) is 24.3 Å². The lowest BCUT2D eigenvalue weighted by molar-refractivity contribution is -0.115. The van der Waals surface area contributed by atoms with Gasteiger partial charge in [-0.15, -0.1) is 0 Å². The fourth-order valence-corrected chi connectivity index (χ4v) is 2.40. The van der Waals surface area contributed by atoms with Crippen LogP contribution >= 0.6 is 0 Å². The quantitative estimate of drug-likeness (QED) is 0.695. The van der Waals surface area contributed by atoms with E-state index in [4.69, 9.17) is 0 Å². The van der Waals surface area contributed by atoms with E-state index in [2.05, 4.69) is 16.0 Å². The molecule has 8 heteroatoms. The molecule has 2 aromatic rings. The minimum atomic E-state index is -1.06. The Morgan fingerprint density at radius 1 is 0.963 bits per heavy atom. The summed E-state index contributed by atoms with van der Waals surface area (Å²) in [7, 11) is 3.92. The summed E-state index contributed by atoms with van der Waals surface area (Å²) in [5, 5.41) is 7.49. The molecule has 0 unspecified atom stereocenters. The van der Waals surface area contributed by atoms with Crippen LogP contribution in [0.4, 0.5) is 19.3 Å². The first-order valence-corrected chi connectivity index (χ1v) is 8.33. The van der Waals surface area contributed by atoms with Crippen LogP contribution in [0.1, 0.15) is 11.1 Å². The number of hydrogen-bond acceptors (Lipinski definition) is 3. The van der Waals surface area contributed by atoms with Gasteiger partial charge in [0.2, 0.25) is 5.91 Å². The van der Waals surface area contributed by atoms with Gasteiger partial charge in [0.15, 0.2) is 11.6 Å². The number of carbonyl (C=O) groups is 2. The molecule has 0 spiro atoms.